The van der Waals surface area contributed by atoms with Gasteiger partial charge in [0.1, 0.15) is 16.1 Å². The highest BCUT2D eigenvalue weighted by molar-refractivity contribution is 8.14. The molecule has 1 fully saturated rings. The van der Waals surface area contributed by atoms with E-state index in [-0.39, 0.29) is 11.3 Å². The first kappa shape index (κ1) is 15.6. The molecule has 0 saturated carbocycles. The van der Waals surface area contributed by atoms with Gasteiger partial charge < -0.3 is 4.42 Å². The topological polar surface area (TPSA) is 75.1 Å². The number of aliphatic imine (C=N–C) groups is 1. The maximum absolute atomic E-state index is 10.8. The molecule has 1 atom stereocenters. The van der Waals surface area contributed by atoms with Gasteiger partial charge in [-0.2, -0.15) is 0 Å². The fraction of sp³-hybridized carbons (Fsp3) is 0.267. The first-order chi connectivity index (χ1) is 11.0. The highest BCUT2D eigenvalue weighted by Gasteiger charge is 2.36. The van der Waals surface area contributed by atoms with Crippen molar-refractivity contribution in [2.45, 2.75) is 12.3 Å². The minimum absolute atomic E-state index is 0.183. The number of rotatable bonds is 3. The van der Waals surface area contributed by atoms with Gasteiger partial charge in [0.25, 0.3) is 0 Å². The van der Waals surface area contributed by atoms with Crippen LogP contribution in [0.2, 0.25) is 0 Å². The van der Waals surface area contributed by atoms with Crippen LogP contribution in [0.25, 0.3) is 0 Å². The molecular formula is C15H16N4O3S. The van der Waals surface area contributed by atoms with Gasteiger partial charge >= 0.3 is 5.88 Å². The van der Waals surface area contributed by atoms with E-state index < -0.39 is 4.92 Å². The van der Waals surface area contributed by atoms with E-state index in [2.05, 4.69) is 4.99 Å². The normalized spacial score (nSPS) is 20.4. The molecule has 120 valence electrons. The molecule has 3 rings (SSSR count). The first-order valence-corrected chi connectivity index (χ1v) is 7.86. The summed E-state index contributed by atoms with van der Waals surface area (Å²) in [5.74, 6) is 0.283. The molecule has 1 aromatic heterocycles. The molecule has 0 spiro atoms. The number of hydrazine groups is 1. The minimum atomic E-state index is -0.534. The largest absolute Gasteiger partial charge is 0.433 e. The summed E-state index contributed by atoms with van der Waals surface area (Å²) >= 11 is 1.49. The van der Waals surface area contributed by atoms with Crippen molar-refractivity contribution in [3.05, 3.63) is 57.8 Å². The van der Waals surface area contributed by atoms with Gasteiger partial charge in [-0.15, -0.1) is 0 Å². The lowest BCUT2D eigenvalue weighted by atomic mass is 10.2. The molecule has 23 heavy (non-hydrogen) atoms. The Morgan fingerprint density at radius 1 is 1.22 bits per heavy atom. The average molecular weight is 332 g/mol. The van der Waals surface area contributed by atoms with Crippen molar-refractivity contribution >= 4 is 28.5 Å². The standard InChI is InChI=1S/C15H16N4O3S/c1-10-4-6-11(7-5-10)16-15-18(3)17(2)14(23-15)12-8-9-13(22-12)19(20)21/h4-9,14H,1-3H3. The molecule has 1 saturated heterocycles. The third-order valence-corrected chi connectivity index (χ3v) is 4.93. The zero-order chi connectivity index (χ0) is 16.6. The number of amidine groups is 1. The number of hydrogen-bond donors (Lipinski definition) is 0. The first-order valence-electron chi connectivity index (χ1n) is 6.98. The van der Waals surface area contributed by atoms with Gasteiger partial charge in [-0.05, 0) is 25.1 Å². The van der Waals surface area contributed by atoms with E-state index in [1.165, 1.54) is 23.4 Å². The molecule has 1 unspecified atom stereocenters. The van der Waals surface area contributed by atoms with E-state index in [0.717, 1.165) is 10.9 Å². The zero-order valence-electron chi connectivity index (χ0n) is 13.0. The van der Waals surface area contributed by atoms with Crippen molar-refractivity contribution in [3.8, 4) is 0 Å². The Morgan fingerprint density at radius 2 is 1.91 bits per heavy atom. The van der Waals surface area contributed by atoms with Crippen LogP contribution in [0.1, 0.15) is 16.7 Å². The second-order valence-electron chi connectivity index (χ2n) is 5.23. The van der Waals surface area contributed by atoms with E-state index in [0.29, 0.717) is 5.76 Å². The molecule has 1 aliphatic rings. The Balaban J connectivity index is 1.85. The fourth-order valence-corrected chi connectivity index (χ4v) is 3.36. The van der Waals surface area contributed by atoms with Crippen LogP contribution in [0.5, 0.6) is 0 Å². The molecule has 0 N–H and O–H groups in total. The molecule has 0 bridgehead atoms. The summed E-state index contributed by atoms with van der Waals surface area (Å²) in [6.45, 7) is 2.03. The predicted molar refractivity (Wildman–Crippen MR) is 89.5 cm³/mol. The Bertz CT molecular complexity index is 756. The van der Waals surface area contributed by atoms with Gasteiger partial charge in [-0.3, -0.25) is 15.1 Å². The average Bonchev–Trinajstić information content (AvgIpc) is 3.10. The van der Waals surface area contributed by atoms with Crippen LogP contribution in [-0.2, 0) is 0 Å². The Morgan fingerprint density at radius 3 is 2.52 bits per heavy atom. The summed E-state index contributed by atoms with van der Waals surface area (Å²) in [7, 11) is 3.79. The number of nitro groups is 1. The van der Waals surface area contributed by atoms with Gasteiger partial charge in [0, 0.05) is 14.1 Å². The number of benzene rings is 1. The molecule has 2 aromatic rings. The Kier molecular flexibility index (Phi) is 4.10. The van der Waals surface area contributed by atoms with E-state index in [4.69, 9.17) is 4.42 Å². The van der Waals surface area contributed by atoms with Gasteiger partial charge in [0.05, 0.1) is 11.8 Å². The summed E-state index contributed by atoms with van der Waals surface area (Å²) in [4.78, 5) is 14.9. The van der Waals surface area contributed by atoms with Crippen molar-refractivity contribution in [2.24, 2.45) is 4.99 Å². The van der Waals surface area contributed by atoms with Crippen molar-refractivity contribution in [1.29, 1.82) is 0 Å². The smallest absolute Gasteiger partial charge is 0.403 e. The van der Waals surface area contributed by atoms with Crippen LogP contribution in [-0.4, -0.2) is 34.2 Å². The van der Waals surface area contributed by atoms with Gasteiger partial charge in [-0.25, -0.2) is 10.0 Å². The lowest BCUT2D eigenvalue weighted by molar-refractivity contribution is -0.402. The quantitative estimate of drug-likeness (QED) is 0.630. The van der Waals surface area contributed by atoms with Gasteiger partial charge in [-0.1, -0.05) is 29.5 Å². The van der Waals surface area contributed by atoms with Crippen molar-refractivity contribution < 1.29 is 9.34 Å². The molecule has 1 aliphatic heterocycles. The monoisotopic (exact) mass is 332 g/mol. The minimum Gasteiger partial charge on any atom is -0.403 e. The highest BCUT2D eigenvalue weighted by Crippen LogP contribution is 2.42. The zero-order valence-corrected chi connectivity index (χ0v) is 13.8. The van der Waals surface area contributed by atoms with E-state index >= 15 is 0 Å². The number of furan rings is 1. The summed E-state index contributed by atoms with van der Waals surface area (Å²) in [5, 5.41) is 15.2. The number of hydrogen-bond acceptors (Lipinski definition) is 6. The third-order valence-electron chi connectivity index (χ3n) is 3.60. The SMILES string of the molecule is Cc1ccc(N=C2SC(c3ccc([N+](=O)[O-])o3)N(C)N2C)cc1. The van der Waals surface area contributed by atoms with Crippen molar-refractivity contribution in [2.75, 3.05) is 14.1 Å². The summed E-state index contributed by atoms with van der Waals surface area (Å²) in [6, 6.07) is 10.9. The van der Waals surface area contributed by atoms with Crippen LogP contribution in [0, 0.1) is 17.0 Å². The molecule has 0 radical (unpaired) electrons. The fourth-order valence-electron chi connectivity index (χ4n) is 2.19. The summed E-state index contributed by atoms with van der Waals surface area (Å²) in [6.07, 6.45) is 0. The Labute approximate surface area is 137 Å². The van der Waals surface area contributed by atoms with Crippen LogP contribution >= 0.6 is 11.8 Å². The van der Waals surface area contributed by atoms with Gasteiger partial charge in [0.15, 0.2) is 5.17 Å². The maximum atomic E-state index is 10.8. The highest BCUT2D eigenvalue weighted by atomic mass is 32.2. The van der Waals surface area contributed by atoms with Gasteiger partial charge in [0.2, 0.25) is 0 Å². The number of aryl methyl sites for hydroxylation is 1. The van der Waals surface area contributed by atoms with Crippen LogP contribution in [0.3, 0.4) is 0 Å². The molecule has 2 heterocycles. The summed E-state index contributed by atoms with van der Waals surface area (Å²) in [5.41, 5.74) is 2.05. The van der Waals surface area contributed by atoms with Crippen molar-refractivity contribution in [3.63, 3.8) is 0 Å². The van der Waals surface area contributed by atoms with Crippen molar-refractivity contribution in [1.82, 2.24) is 10.0 Å². The molecule has 8 heteroatoms. The van der Waals surface area contributed by atoms with Crippen LogP contribution in [0.4, 0.5) is 11.6 Å². The predicted octanol–water partition coefficient (Wildman–Crippen LogP) is 3.71. The molecule has 0 aliphatic carbocycles. The maximum Gasteiger partial charge on any atom is 0.433 e. The Hall–Kier alpha value is -2.32. The number of thioether (sulfide) groups is 1. The third kappa shape index (κ3) is 3.08. The molecule has 7 nitrogen and oxygen atoms in total. The second kappa shape index (κ2) is 6.05. The van der Waals surface area contributed by atoms with Crippen LogP contribution in [0.15, 0.2) is 45.8 Å². The van der Waals surface area contributed by atoms with Crippen LogP contribution < -0.4 is 0 Å². The van der Waals surface area contributed by atoms with E-state index in [9.17, 15) is 10.1 Å². The van der Waals surface area contributed by atoms with E-state index in [1.807, 2.05) is 55.3 Å². The lowest BCUT2D eigenvalue weighted by Gasteiger charge is -2.22. The number of nitrogens with zero attached hydrogens (tertiary/aromatic N) is 4. The molecular weight excluding hydrogens is 316 g/mol. The molecule has 0 amide bonds. The second-order valence-corrected chi connectivity index (χ2v) is 6.28. The lowest BCUT2D eigenvalue weighted by Crippen LogP contribution is -2.33. The molecule has 1 aromatic carbocycles. The summed E-state index contributed by atoms with van der Waals surface area (Å²) < 4.78 is 5.32. The van der Waals surface area contributed by atoms with E-state index in [1.54, 1.807) is 6.07 Å².